The van der Waals surface area contributed by atoms with Crippen LogP contribution in [-0.4, -0.2) is 24.3 Å². The molecule has 0 aliphatic carbocycles. The number of benzene rings is 1. The van der Waals surface area contributed by atoms with Gasteiger partial charge in [0, 0.05) is 5.56 Å². The molecule has 1 aromatic carbocycles. The Labute approximate surface area is 102 Å². The highest BCUT2D eigenvalue weighted by Crippen LogP contribution is 2.30. The van der Waals surface area contributed by atoms with Gasteiger partial charge in [0.25, 0.3) is 0 Å². The van der Waals surface area contributed by atoms with Gasteiger partial charge in [0.15, 0.2) is 5.82 Å². The second-order valence-corrected chi connectivity index (χ2v) is 4.16. The highest BCUT2D eigenvalue weighted by Gasteiger charge is 2.20. The third-order valence-corrected chi connectivity index (χ3v) is 3.10. The van der Waals surface area contributed by atoms with E-state index in [2.05, 4.69) is 15.1 Å². The summed E-state index contributed by atoms with van der Waals surface area (Å²) < 4.78 is 17.1. The van der Waals surface area contributed by atoms with Gasteiger partial charge in [0.2, 0.25) is 0 Å². The van der Waals surface area contributed by atoms with Crippen molar-refractivity contribution in [2.75, 3.05) is 0 Å². The van der Waals surface area contributed by atoms with Crippen molar-refractivity contribution in [3.63, 3.8) is 0 Å². The van der Waals surface area contributed by atoms with Crippen molar-refractivity contribution in [3.05, 3.63) is 48.6 Å². The minimum absolute atomic E-state index is 0.285. The molecule has 4 rings (SSSR count). The minimum Gasteiger partial charge on any atom is -0.301 e. The maximum Gasteiger partial charge on any atom is 0.160 e. The molecule has 0 fully saturated rings. The largest absolute Gasteiger partial charge is 0.301 e. The SMILES string of the molecule is Fc1ccc2c(c1)-c1ncnn1Cc1cncn1-2. The van der Waals surface area contributed by atoms with E-state index in [-0.39, 0.29) is 5.82 Å². The Hall–Kier alpha value is -2.50. The number of rotatable bonds is 0. The Kier molecular flexibility index (Phi) is 1.72. The lowest BCUT2D eigenvalue weighted by molar-refractivity contribution is 0.627. The lowest BCUT2D eigenvalue weighted by Gasteiger charge is -2.07. The number of imidazole rings is 1. The summed E-state index contributed by atoms with van der Waals surface area (Å²) in [5.74, 6) is 0.389. The summed E-state index contributed by atoms with van der Waals surface area (Å²) in [6.07, 6.45) is 4.98. The number of aromatic nitrogens is 5. The summed E-state index contributed by atoms with van der Waals surface area (Å²) in [4.78, 5) is 8.35. The first-order chi connectivity index (χ1) is 8.83. The predicted octanol–water partition coefficient (Wildman–Crippen LogP) is 1.63. The van der Waals surface area contributed by atoms with Crippen LogP contribution in [0.3, 0.4) is 0 Å². The molecule has 2 aromatic heterocycles. The average Bonchev–Trinajstić information content (AvgIpc) is 2.97. The monoisotopic (exact) mass is 241 g/mol. The smallest absolute Gasteiger partial charge is 0.160 e. The summed E-state index contributed by atoms with van der Waals surface area (Å²) in [6.45, 7) is 0.575. The molecule has 0 bridgehead atoms. The summed E-state index contributed by atoms with van der Waals surface area (Å²) in [5, 5.41) is 4.17. The molecule has 6 heteroatoms. The van der Waals surface area contributed by atoms with Crippen LogP contribution in [0.25, 0.3) is 17.1 Å². The number of hydrogen-bond acceptors (Lipinski definition) is 3. The van der Waals surface area contributed by atoms with Crippen molar-refractivity contribution >= 4 is 0 Å². The van der Waals surface area contributed by atoms with Crippen LogP contribution in [0.1, 0.15) is 5.69 Å². The molecule has 0 unspecified atom stereocenters. The first-order valence-corrected chi connectivity index (χ1v) is 5.52. The maximum atomic E-state index is 13.4. The Morgan fingerprint density at radius 2 is 2.22 bits per heavy atom. The van der Waals surface area contributed by atoms with Crippen LogP contribution < -0.4 is 0 Å². The van der Waals surface area contributed by atoms with E-state index in [0.717, 1.165) is 16.9 Å². The predicted molar refractivity (Wildman–Crippen MR) is 61.6 cm³/mol. The van der Waals surface area contributed by atoms with Crippen molar-refractivity contribution in [2.24, 2.45) is 0 Å². The molecule has 3 aromatic rings. The normalized spacial score (nSPS) is 12.5. The van der Waals surface area contributed by atoms with Crippen LogP contribution in [0, 0.1) is 5.82 Å². The molecular formula is C12H8FN5. The van der Waals surface area contributed by atoms with Gasteiger partial charge in [-0.05, 0) is 18.2 Å². The lowest BCUT2D eigenvalue weighted by atomic mass is 10.1. The molecule has 1 aliphatic heterocycles. The fourth-order valence-electron chi connectivity index (χ4n) is 2.30. The third kappa shape index (κ3) is 1.17. The second-order valence-electron chi connectivity index (χ2n) is 4.16. The highest BCUT2D eigenvalue weighted by molar-refractivity contribution is 5.68. The van der Waals surface area contributed by atoms with Gasteiger partial charge in [-0.1, -0.05) is 0 Å². The van der Waals surface area contributed by atoms with Crippen LogP contribution >= 0.6 is 0 Å². The Morgan fingerprint density at radius 3 is 3.17 bits per heavy atom. The molecule has 0 saturated carbocycles. The van der Waals surface area contributed by atoms with Gasteiger partial charge in [-0.2, -0.15) is 5.10 Å². The lowest BCUT2D eigenvalue weighted by Crippen LogP contribution is -2.03. The van der Waals surface area contributed by atoms with Crippen LogP contribution in [0.2, 0.25) is 0 Å². The third-order valence-electron chi connectivity index (χ3n) is 3.10. The molecule has 0 radical (unpaired) electrons. The number of fused-ring (bicyclic) bond motifs is 5. The van der Waals surface area contributed by atoms with Crippen molar-refractivity contribution in [1.29, 1.82) is 0 Å². The molecule has 1 aliphatic rings. The van der Waals surface area contributed by atoms with Crippen LogP contribution in [0.15, 0.2) is 37.1 Å². The van der Waals surface area contributed by atoms with Crippen LogP contribution in [0.5, 0.6) is 0 Å². The van der Waals surface area contributed by atoms with E-state index in [0.29, 0.717) is 12.4 Å². The zero-order valence-electron chi connectivity index (χ0n) is 9.29. The molecule has 0 N–H and O–H groups in total. The number of hydrogen-bond donors (Lipinski definition) is 0. The number of halogens is 1. The number of nitrogens with zero attached hydrogens (tertiary/aromatic N) is 5. The first-order valence-electron chi connectivity index (χ1n) is 5.52. The average molecular weight is 241 g/mol. The van der Waals surface area contributed by atoms with Gasteiger partial charge in [0.05, 0.1) is 30.5 Å². The molecule has 0 atom stereocenters. The van der Waals surface area contributed by atoms with E-state index in [9.17, 15) is 4.39 Å². The van der Waals surface area contributed by atoms with Gasteiger partial charge < -0.3 is 4.57 Å². The van der Waals surface area contributed by atoms with Crippen LogP contribution in [0.4, 0.5) is 4.39 Å². The fraction of sp³-hybridized carbons (Fsp3) is 0.0833. The van der Waals surface area contributed by atoms with E-state index in [1.165, 1.54) is 18.5 Å². The molecule has 0 amide bonds. The Balaban J connectivity index is 2.13. The van der Waals surface area contributed by atoms with E-state index in [1.807, 2.05) is 4.57 Å². The van der Waals surface area contributed by atoms with Gasteiger partial charge >= 0.3 is 0 Å². The van der Waals surface area contributed by atoms with Crippen molar-refractivity contribution in [1.82, 2.24) is 24.3 Å². The Bertz CT molecular complexity index is 743. The molecule has 88 valence electrons. The quantitative estimate of drug-likeness (QED) is 0.470. The minimum atomic E-state index is -0.285. The van der Waals surface area contributed by atoms with E-state index in [4.69, 9.17) is 0 Å². The second kappa shape index (κ2) is 3.25. The zero-order chi connectivity index (χ0) is 12.1. The zero-order valence-corrected chi connectivity index (χ0v) is 9.29. The molecule has 0 saturated heterocycles. The van der Waals surface area contributed by atoms with E-state index >= 15 is 0 Å². The summed E-state index contributed by atoms with van der Waals surface area (Å²) in [6, 6.07) is 4.65. The topological polar surface area (TPSA) is 48.5 Å². The fourth-order valence-corrected chi connectivity index (χ4v) is 2.30. The highest BCUT2D eigenvalue weighted by atomic mass is 19.1. The molecule has 5 nitrogen and oxygen atoms in total. The standard InChI is InChI=1S/C12H8FN5/c13-8-1-2-11-10(3-8)12-15-6-16-18(12)5-9-4-14-7-17(9)11/h1-4,6-7H,5H2. The maximum absolute atomic E-state index is 13.4. The molecule has 0 spiro atoms. The van der Waals surface area contributed by atoms with Gasteiger partial charge in [-0.15, -0.1) is 0 Å². The van der Waals surface area contributed by atoms with Crippen molar-refractivity contribution in [2.45, 2.75) is 6.54 Å². The van der Waals surface area contributed by atoms with Gasteiger partial charge in [0.1, 0.15) is 12.1 Å². The summed E-state index contributed by atoms with van der Waals surface area (Å²) in [5.41, 5.74) is 2.59. The van der Waals surface area contributed by atoms with E-state index < -0.39 is 0 Å². The molecular weight excluding hydrogens is 233 g/mol. The van der Waals surface area contributed by atoms with Gasteiger partial charge in [-0.3, -0.25) is 0 Å². The van der Waals surface area contributed by atoms with E-state index in [1.54, 1.807) is 23.3 Å². The first kappa shape index (κ1) is 9.52. The Morgan fingerprint density at radius 1 is 1.28 bits per heavy atom. The summed E-state index contributed by atoms with van der Waals surface area (Å²) >= 11 is 0. The molecule has 3 heterocycles. The van der Waals surface area contributed by atoms with Crippen molar-refractivity contribution < 1.29 is 4.39 Å². The van der Waals surface area contributed by atoms with Crippen LogP contribution in [-0.2, 0) is 6.54 Å². The van der Waals surface area contributed by atoms with Crippen molar-refractivity contribution in [3.8, 4) is 17.1 Å². The molecule has 18 heavy (non-hydrogen) atoms. The van der Waals surface area contributed by atoms with Gasteiger partial charge in [-0.25, -0.2) is 19.0 Å². The summed E-state index contributed by atoms with van der Waals surface area (Å²) in [7, 11) is 0.